The Morgan fingerprint density at radius 3 is 2.07 bits per heavy atom. The third-order valence-corrected chi connectivity index (χ3v) is 2.04. The molecular formula is C10H22O4. The van der Waals surface area contributed by atoms with E-state index < -0.39 is 12.4 Å². The highest BCUT2D eigenvalue weighted by atomic mass is 16.6. The minimum absolute atomic E-state index is 0.186. The fraction of sp³-hybridized carbons (Fsp3) is 1.00. The molecule has 4 heteroatoms. The summed E-state index contributed by atoms with van der Waals surface area (Å²) in [7, 11) is 0. The first kappa shape index (κ1) is 13.8. The number of hydrogen-bond acceptors (Lipinski definition) is 4. The molecule has 0 bridgehead atoms. The van der Waals surface area contributed by atoms with Crippen LogP contribution in [-0.4, -0.2) is 41.9 Å². The fourth-order valence-electron chi connectivity index (χ4n) is 1.20. The summed E-state index contributed by atoms with van der Waals surface area (Å²) in [5.41, 5.74) is 0. The Kier molecular flexibility index (Phi) is 8.08. The largest absolute Gasteiger partial charge is 0.390 e. The Morgan fingerprint density at radius 2 is 1.57 bits per heavy atom. The molecule has 0 amide bonds. The molecule has 86 valence electrons. The highest BCUT2D eigenvalue weighted by Crippen LogP contribution is 2.08. The lowest BCUT2D eigenvalue weighted by Crippen LogP contribution is -2.27. The summed E-state index contributed by atoms with van der Waals surface area (Å²) in [6.45, 7) is 6.60. The normalized spacial score (nSPS) is 17.8. The first-order valence-corrected chi connectivity index (χ1v) is 5.21. The molecule has 4 nitrogen and oxygen atoms in total. The van der Waals surface area contributed by atoms with Crippen molar-refractivity contribution in [3.05, 3.63) is 0 Å². The lowest BCUT2D eigenvalue weighted by Gasteiger charge is -2.19. The van der Waals surface area contributed by atoms with Crippen LogP contribution in [0.15, 0.2) is 0 Å². The van der Waals surface area contributed by atoms with E-state index in [2.05, 4.69) is 0 Å². The summed E-state index contributed by atoms with van der Waals surface area (Å²) in [6, 6.07) is 0. The van der Waals surface area contributed by atoms with Gasteiger partial charge in [-0.15, -0.1) is 0 Å². The van der Waals surface area contributed by atoms with Crippen molar-refractivity contribution in [3.63, 3.8) is 0 Å². The van der Waals surface area contributed by atoms with Crippen LogP contribution in [0.3, 0.4) is 0 Å². The smallest absolute Gasteiger partial charge is 0.154 e. The highest BCUT2D eigenvalue weighted by Gasteiger charge is 2.15. The molecule has 3 unspecified atom stereocenters. The van der Waals surface area contributed by atoms with Gasteiger partial charge in [-0.1, -0.05) is 0 Å². The van der Waals surface area contributed by atoms with Crippen LogP contribution < -0.4 is 0 Å². The zero-order valence-corrected chi connectivity index (χ0v) is 9.27. The van der Waals surface area contributed by atoms with E-state index in [0.717, 1.165) is 0 Å². The van der Waals surface area contributed by atoms with Crippen LogP contribution in [0.5, 0.6) is 0 Å². The van der Waals surface area contributed by atoms with Crippen molar-refractivity contribution < 1.29 is 19.7 Å². The van der Waals surface area contributed by atoms with Crippen molar-refractivity contribution in [3.8, 4) is 0 Å². The van der Waals surface area contributed by atoms with Crippen LogP contribution in [0.4, 0.5) is 0 Å². The summed E-state index contributed by atoms with van der Waals surface area (Å²) in [5.74, 6) is 0. The molecule has 14 heavy (non-hydrogen) atoms. The number of aliphatic hydroxyl groups excluding tert-OH is 2. The first-order valence-electron chi connectivity index (χ1n) is 5.21. The third-order valence-electron chi connectivity index (χ3n) is 2.04. The van der Waals surface area contributed by atoms with Gasteiger partial charge in [0, 0.05) is 19.6 Å². The van der Waals surface area contributed by atoms with Gasteiger partial charge < -0.3 is 19.7 Å². The Hall–Kier alpha value is -0.160. The maximum atomic E-state index is 9.57. The van der Waals surface area contributed by atoms with E-state index >= 15 is 0 Å². The number of hydrogen-bond donors (Lipinski definition) is 2. The van der Waals surface area contributed by atoms with Gasteiger partial charge in [0.1, 0.15) is 0 Å². The standard InChI is InChI=1S/C10H22O4/c1-4-13-8(3)9(11)6-7-10(12)14-5-2/h8-12H,4-7H2,1-3H3. The predicted octanol–water partition coefficient (Wildman–Crippen LogP) is 0.907. The molecule has 0 aliphatic carbocycles. The quantitative estimate of drug-likeness (QED) is 0.579. The van der Waals surface area contributed by atoms with Crippen molar-refractivity contribution in [2.24, 2.45) is 0 Å². The Balaban J connectivity index is 3.56. The lowest BCUT2D eigenvalue weighted by molar-refractivity contribution is -0.109. The third kappa shape index (κ3) is 6.32. The second kappa shape index (κ2) is 8.17. The van der Waals surface area contributed by atoms with Crippen LogP contribution >= 0.6 is 0 Å². The molecule has 2 N–H and O–H groups in total. The molecule has 0 radical (unpaired) electrons. The van der Waals surface area contributed by atoms with Crippen molar-refractivity contribution in [1.82, 2.24) is 0 Å². The van der Waals surface area contributed by atoms with Crippen molar-refractivity contribution >= 4 is 0 Å². The molecular weight excluding hydrogens is 184 g/mol. The molecule has 0 aliphatic rings. The van der Waals surface area contributed by atoms with Crippen LogP contribution in [0.1, 0.15) is 33.6 Å². The second-order valence-corrected chi connectivity index (χ2v) is 3.22. The molecule has 0 aromatic heterocycles. The molecule has 0 aromatic carbocycles. The summed E-state index contributed by atoms with van der Waals surface area (Å²) in [6.07, 6.45) is -0.572. The summed E-state index contributed by atoms with van der Waals surface area (Å²) >= 11 is 0. The molecule has 3 atom stereocenters. The first-order chi connectivity index (χ1) is 6.61. The maximum Gasteiger partial charge on any atom is 0.154 e. The van der Waals surface area contributed by atoms with Gasteiger partial charge in [0.05, 0.1) is 12.2 Å². The van der Waals surface area contributed by atoms with Gasteiger partial charge in [0.25, 0.3) is 0 Å². The van der Waals surface area contributed by atoms with Gasteiger partial charge in [-0.25, -0.2) is 0 Å². The Bertz CT molecular complexity index is 129. The van der Waals surface area contributed by atoms with E-state index in [0.29, 0.717) is 26.1 Å². The molecule has 0 aromatic rings. The summed E-state index contributed by atoms with van der Waals surface area (Å²) < 4.78 is 10.2. The molecule has 0 fully saturated rings. The average Bonchev–Trinajstić information content (AvgIpc) is 2.15. The van der Waals surface area contributed by atoms with Gasteiger partial charge in [-0.2, -0.15) is 0 Å². The predicted molar refractivity (Wildman–Crippen MR) is 54.0 cm³/mol. The minimum atomic E-state index is -0.775. The maximum absolute atomic E-state index is 9.57. The van der Waals surface area contributed by atoms with E-state index in [1.165, 1.54) is 0 Å². The van der Waals surface area contributed by atoms with Crippen molar-refractivity contribution in [1.29, 1.82) is 0 Å². The van der Waals surface area contributed by atoms with Crippen molar-refractivity contribution in [2.45, 2.75) is 52.1 Å². The average molecular weight is 206 g/mol. The van der Waals surface area contributed by atoms with E-state index in [4.69, 9.17) is 9.47 Å². The molecule has 0 heterocycles. The monoisotopic (exact) mass is 206 g/mol. The van der Waals surface area contributed by atoms with E-state index in [-0.39, 0.29) is 6.10 Å². The molecule has 0 saturated carbocycles. The van der Waals surface area contributed by atoms with Gasteiger partial charge in [0.15, 0.2) is 6.29 Å². The van der Waals surface area contributed by atoms with E-state index in [1.54, 1.807) is 0 Å². The number of aliphatic hydroxyl groups is 2. The number of ether oxygens (including phenoxy) is 2. The van der Waals surface area contributed by atoms with Gasteiger partial charge in [-0.05, 0) is 27.2 Å². The van der Waals surface area contributed by atoms with E-state index in [1.807, 2.05) is 20.8 Å². The molecule has 0 aliphatic heterocycles. The Morgan fingerprint density at radius 1 is 1.00 bits per heavy atom. The topological polar surface area (TPSA) is 58.9 Å². The summed E-state index contributed by atoms with van der Waals surface area (Å²) in [5, 5.41) is 18.8. The lowest BCUT2D eigenvalue weighted by atomic mass is 10.1. The van der Waals surface area contributed by atoms with Crippen LogP contribution in [-0.2, 0) is 9.47 Å². The SMILES string of the molecule is CCOC(O)CCC(O)C(C)OCC. The fourth-order valence-corrected chi connectivity index (χ4v) is 1.20. The van der Waals surface area contributed by atoms with Crippen LogP contribution in [0, 0.1) is 0 Å². The molecule has 0 saturated heterocycles. The van der Waals surface area contributed by atoms with E-state index in [9.17, 15) is 10.2 Å². The van der Waals surface area contributed by atoms with Gasteiger partial charge in [-0.3, -0.25) is 0 Å². The zero-order valence-electron chi connectivity index (χ0n) is 9.27. The Labute approximate surface area is 85.8 Å². The zero-order chi connectivity index (χ0) is 11.0. The second-order valence-electron chi connectivity index (χ2n) is 3.22. The molecule has 0 spiro atoms. The summed E-state index contributed by atoms with van der Waals surface area (Å²) in [4.78, 5) is 0. The van der Waals surface area contributed by atoms with Crippen LogP contribution in [0.2, 0.25) is 0 Å². The van der Waals surface area contributed by atoms with Crippen molar-refractivity contribution in [2.75, 3.05) is 13.2 Å². The number of rotatable bonds is 8. The highest BCUT2D eigenvalue weighted by molar-refractivity contribution is 4.64. The minimum Gasteiger partial charge on any atom is -0.390 e. The molecule has 0 rings (SSSR count). The van der Waals surface area contributed by atoms with Crippen LogP contribution in [0.25, 0.3) is 0 Å². The van der Waals surface area contributed by atoms with Gasteiger partial charge >= 0.3 is 0 Å². The van der Waals surface area contributed by atoms with Gasteiger partial charge in [0.2, 0.25) is 0 Å².